The van der Waals surface area contributed by atoms with Crippen molar-refractivity contribution in [3.05, 3.63) is 48.3 Å². The monoisotopic (exact) mass is 314 g/mol. The van der Waals surface area contributed by atoms with Crippen molar-refractivity contribution >= 4 is 5.91 Å². The van der Waals surface area contributed by atoms with Gasteiger partial charge in [0, 0.05) is 31.5 Å². The molecule has 1 aliphatic heterocycles. The van der Waals surface area contributed by atoms with E-state index in [1.807, 2.05) is 17.0 Å². The van der Waals surface area contributed by atoms with Gasteiger partial charge in [-0.3, -0.25) is 4.79 Å². The van der Waals surface area contributed by atoms with Crippen molar-refractivity contribution in [3.63, 3.8) is 0 Å². The van der Waals surface area contributed by atoms with Gasteiger partial charge in [-0.1, -0.05) is 0 Å². The highest BCUT2D eigenvalue weighted by Gasteiger charge is 2.26. The van der Waals surface area contributed by atoms with Gasteiger partial charge in [0.05, 0.1) is 19.8 Å². The van der Waals surface area contributed by atoms with E-state index in [4.69, 9.17) is 9.47 Å². The standard InChI is InChI=1S/C18H22N2O3/c1-22-15-5-6-17(23-2)16(13-15)18(21)20-11-7-14(8-12-20)19-9-3-4-10-19/h3-6,9-10,13-14H,7-8,11-12H2,1-2H3. The van der Waals surface area contributed by atoms with Crippen LogP contribution in [0.3, 0.4) is 0 Å². The third-order valence-corrected chi connectivity index (χ3v) is 4.44. The number of benzene rings is 1. The normalized spacial score (nSPS) is 15.5. The van der Waals surface area contributed by atoms with Gasteiger partial charge in [-0.2, -0.15) is 0 Å². The molecular formula is C18H22N2O3. The van der Waals surface area contributed by atoms with Gasteiger partial charge in [-0.05, 0) is 43.2 Å². The minimum atomic E-state index is 0.00621. The van der Waals surface area contributed by atoms with E-state index in [1.165, 1.54) is 0 Å². The second-order valence-corrected chi connectivity index (χ2v) is 5.72. The molecule has 2 heterocycles. The predicted molar refractivity (Wildman–Crippen MR) is 88.2 cm³/mol. The summed E-state index contributed by atoms with van der Waals surface area (Å²) in [7, 11) is 3.18. The molecule has 2 aromatic rings. The number of piperidine rings is 1. The zero-order chi connectivity index (χ0) is 16.2. The average molecular weight is 314 g/mol. The molecule has 122 valence electrons. The van der Waals surface area contributed by atoms with Crippen LogP contribution in [0, 0.1) is 0 Å². The fraction of sp³-hybridized carbons (Fsp3) is 0.389. The second-order valence-electron chi connectivity index (χ2n) is 5.72. The Bertz CT molecular complexity index is 659. The Hall–Kier alpha value is -2.43. The molecule has 1 aromatic carbocycles. The molecule has 23 heavy (non-hydrogen) atoms. The van der Waals surface area contributed by atoms with Crippen molar-refractivity contribution in [1.82, 2.24) is 9.47 Å². The first-order valence-electron chi connectivity index (χ1n) is 7.86. The van der Waals surface area contributed by atoms with Gasteiger partial charge in [0.15, 0.2) is 0 Å². The maximum absolute atomic E-state index is 12.8. The fourth-order valence-corrected chi connectivity index (χ4v) is 3.11. The van der Waals surface area contributed by atoms with Crippen molar-refractivity contribution in [3.8, 4) is 11.5 Å². The molecule has 0 aliphatic carbocycles. The first kappa shape index (κ1) is 15.5. The van der Waals surface area contributed by atoms with E-state index in [-0.39, 0.29) is 5.91 Å². The first-order chi connectivity index (χ1) is 11.2. The van der Waals surface area contributed by atoms with E-state index in [0.717, 1.165) is 25.9 Å². The first-order valence-corrected chi connectivity index (χ1v) is 7.86. The average Bonchev–Trinajstić information content (AvgIpc) is 3.15. The molecule has 0 atom stereocenters. The zero-order valence-electron chi connectivity index (χ0n) is 13.6. The Morgan fingerprint density at radius 3 is 2.39 bits per heavy atom. The Morgan fingerprint density at radius 1 is 1.09 bits per heavy atom. The number of methoxy groups -OCH3 is 2. The lowest BCUT2D eigenvalue weighted by Crippen LogP contribution is -2.39. The summed E-state index contributed by atoms with van der Waals surface area (Å²) in [4.78, 5) is 14.7. The van der Waals surface area contributed by atoms with Crippen LogP contribution in [0.15, 0.2) is 42.7 Å². The van der Waals surface area contributed by atoms with Gasteiger partial charge in [-0.15, -0.1) is 0 Å². The van der Waals surface area contributed by atoms with Crippen LogP contribution < -0.4 is 9.47 Å². The summed E-state index contributed by atoms with van der Waals surface area (Å²) >= 11 is 0. The molecule has 0 N–H and O–H groups in total. The van der Waals surface area contributed by atoms with Crippen LogP contribution >= 0.6 is 0 Å². The molecular weight excluding hydrogens is 292 g/mol. The maximum atomic E-state index is 12.8. The minimum Gasteiger partial charge on any atom is -0.497 e. The van der Waals surface area contributed by atoms with Crippen molar-refractivity contribution in [2.24, 2.45) is 0 Å². The summed E-state index contributed by atoms with van der Waals surface area (Å²) in [5, 5.41) is 0. The van der Waals surface area contributed by atoms with Gasteiger partial charge in [0.2, 0.25) is 0 Å². The Morgan fingerprint density at radius 2 is 1.78 bits per heavy atom. The molecule has 3 rings (SSSR count). The number of hydrogen-bond acceptors (Lipinski definition) is 3. The van der Waals surface area contributed by atoms with Gasteiger partial charge in [0.25, 0.3) is 5.91 Å². The Kier molecular flexibility index (Phi) is 4.55. The fourth-order valence-electron chi connectivity index (χ4n) is 3.11. The van der Waals surface area contributed by atoms with E-state index < -0.39 is 0 Å². The molecule has 1 fully saturated rings. The summed E-state index contributed by atoms with van der Waals surface area (Å²) in [6, 6.07) is 9.88. The van der Waals surface area contributed by atoms with Gasteiger partial charge in [-0.25, -0.2) is 0 Å². The summed E-state index contributed by atoms with van der Waals surface area (Å²) in [6.07, 6.45) is 6.11. The number of aromatic nitrogens is 1. The van der Waals surface area contributed by atoms with E-state index in [9.17, 15) is 4.79 Å². The van der Waals surface area contributed by atoms with Crippen LogP contribution in [0.2, 0.25) is 0 Å². The Balaban J connectivity index is 1.72. The molecule has 5 heteroatoms. The van der Waals surface area contributed by atoms with E-state index in [1.54, 1.807) is 32.4 Å². The summed E-state index contributed by atoms with van der Waals surface area (Å²) in [6.45, 7) is 1.50. The van der Waals surface area contributed by atoms with Crippen molar-refractivity contribution in [1.29, 1.82) is 0 Å². The molecule has 0 radical (unpaired) electrons. The molecule has 1 aromatic heterocycles. The zero-order valence-corrected chi connectivity index (χ0v) is 13.6. The highest BCUT2D eigenvalue weighted by atomic mass is 16.5. The number of nitrogens with zero attached hydrogens (tertiary/aromatic N) is 2. The number of rotatable bonds is 4. The smallest absolute Gasteiger partial charge is 0.257 e. The molecule has 1 amide bonds. The summed E-state index contributed by atoms with van der Waals surface area (Å²) < 4.78 is 12.8. The molecule has 0 saturated carbocycles. The number of likely N-dealkylation sites (tertiary alicyclic amines) is 1. The lowest BCUT2D eigenvalue weighted by molar-refractivity contribution is 0.0691. The van der Waals surface area contributed by atoms with E-state index >= 15 is 0 Å². The lowest BCUT2D eigenvalue weighted by Gasteiger charge is -2.33. The van der Waals surface area contributed by atoms with Crippen LogP contribution in [0.25, 0.3) is 0 Å². The Labute approximate surface area is 136 Å². The second kappa shape index (κ2) is 6.77. The number of carbonyl (C=O) groups is 1. The van der Waals surface area contributed by atoms with E-state index in [0.29, 0.717) is 23.1 Å². The summed E-state index contributed by atoms with van der Waals surface area (Å²) in [5.74, 6) is 1.26. The van der Waals surface area contributed by atoms with Crippen LogP contribution in [0.1, 0.15) is 29.2 Å². The molecule has 0 bridgehead atoms. The molecule has 1 saturated heterocycles. The quantitative estimate of drug-likeness (QED) is 0.871. The topological polar surface area (TPSA) is 43.7 Å². The van der Waals surface area contributed by atoms with Crippen molar-refractivity contribution < 1.29 is 14.3 Å². The SMILES string of the molecule is COc1ccc(OC)c(C(=O)N2CCC(n3cccc3)CC2)c1. The maximum Gasteiger partial charge on any atom is 0.257 e. The number of hydrogen-bond donors (Lipinski definition) is 0. The van der Waals surface area contributed by atoms with Crippen molar-refractivity contribution in [2.45, 2.75) is 18.9 Å². The molecule has 5 nitrogen and oxygen atoms in total. The van der Waals surface area contributed by atoms with Crippen LogP contribution in [-0.2, 0) is 0 Å². The third kappa shape index (κ3) is 3.18. The van der Waals surface area contributed by atoms with Gasteiger partial charge in [0.1, 0.15) is 11.5 Å². The highest BCUT2D eigenvalue weighted by molar-refractivity contribution is 5.97. The van der Waals surface area contributed by atoms with Gasteiger partial charge >= 0.3 is 0 Å². The highest BCUT2D eigenvalue weighted by Crippen LogP contribution is 2.28. The molecule has 0 spiro atoms. The third-order valence-electron chi connectivity index (χ3n) is 4.44. The largest absolute Gasteiger partial charge is 0.497 e. The lowest BCUT2D eigenvalue weighted by atomic mass is 10.0. The summed E-state index contributed by atoms with van der Waals surface area (Å²) in [5.41, 5.74) is 0.561. The minimum absolute atomic E-state index is 0.00621. The number of amides is 1. The van der Waals surface area contributed by atoms with Crippen LogP contribution in [0.4, 0.5) is 0 Å². The number of carbonyl (C=O) groups excluding carboxylic acids is 1. The van der Waals surface area contributed by atoms with E-state index in [2.05, 4.69) is 17.0 Å². The van der Waals surface area contributed by atoms with Crippen LogP contribution in [-0.4, -0.2) is 42.7 Å². The van der Waals surface area contributed by atoms with Crippen LogP contribution in [0.5, 0.6) is 11.5 Å². The molecule has 0 unspecified atom stereocenters. The predicted octanol–water partition coefficient (Wildman–Crippen LogP) is 2.98. The van der Waals surface area contributed by atoms with Crippen molar-refractivity contribution in [2.75, 3.05) is 27.3 Å². The van der Waals surface area contributed by atoms with Gasteiger partial charge < -0.3 is 18.9 Å². The number of ether oxygens (including phenoxy) is 2. The molecule has 1 aliphatic rings.